The Morgan fingerprint density at radius 3 is 2.55 bits per heavy atom. The number of anilines is 1. The number of methoxy groups -OCH3 is 1. The van der Waals surface area contributed by atoms with Crippen molar-refractivity contribution in [3.8, 4) is 5.75 Å². The number of aliphatic hydroxyl groups is 1. The van der Waals surface area contributed by atoms with E-state index in [0.29, 0.717) is 12.1 Å². The minimum Gasteiger partial charge on any atom is -0.497 e. The van der Waals surface area contributed by atoms with Gasteiger partial charge in [-0.15, -0.1) is 0 Å². The zero-order valence-electron chi connectivity index (χ0n) is 13.6. The van der Waals surface area contributed by atoms with Crippen molar-refractivity contribution >= 4 is 17.4 Å². The summed E-state index contributed by atoms with van der Waals surface area (Å²) in [4.78, 5) is 2.44. The van der Waals surface area contributed by atoms with Crippen molar-refractivity contribution in [1.29, 1.82) is 0 Å². The van der Waals surface area contributed by atoms with E-state index in [2.05, 4.69) is 28.6 Å². The first-order valence-corrected chi connectivity index (χ1v) is 9.41. The molecule has 0 spiro atoms. The van der Waals surface area contributed by atoms with Crippen LogP contribution in [0.4, 0.5) is 5.69 Å². The Labute approximate surface area is 138 Å². The molecule has 1 atom stereocenters. The molecule has 5 heteroatoms. The first-order valence-electron chi connectivity index (χ1n) is 8.01. The Morgan fingerprint density at radius 1 is 1.32 bits per heavy atom. The number of thioether (sulfide) groups is 1. The molecule has 0 bridgehead atoms. The highest BCUT2D eigenvalue weighted by Crippen LogP contribution is 2.23. The summed E-state index contributed by atoms with van der Waals surface area (Å²) in [5.41, 5.74) is 1.27. The van der Waals surface area contributed by atoms with Crippen molar-refractivity contribution in [3.05, 3.63) is 24.3 Å². The molecule has 1 aromatic carbocycles. The maximum absolute atomic E-state index is 9.16. The first kappa shape index (κ1) is 17.4. The normalized spacial score (nSPS) is 17.5. The van der Waals surface area contributed by atoms with Crippen LogP contribution in [-0.4, -0.2) is 56.0 Å². The van der Waals surface area contributed by atoms with Crippen molar-refractivity contribution in [3.63, 3.8) is 0 Å². The predicted molar refractivity (Wildman–Crippen MR) is 95.2 cm³/mol. The van der Waals surface area contributed by atoms with E-state index in [1.54, 1.807) is 7.11 Å². The van der Waals surface area contributed by atoms with Crippen LogP contribution in [0.25, 0.3) is 0 Å². The van der Waals surface area contributed by atoms with E-state index in [4.69, 9.17) is 9.84 Å². The Balaban J connectivity index is 1.81. The highest BCUT2D eigenvalue weighted by Gasteiger charge is 2.21. The molecule has 0 saturated carbocycles. The van der Waals surface area contributed by atoms with Gasteiger partial charge in [0.15, 0.2) is 0 Å². The van der Waals surface area contributed by atoms with E-state index in [-0.39, 0.29) is 6.61 Å². The molecule has 1 aliphatic heterocycles. The molecule has 0 aromatic heterocycles. The lowest BCUT2D eigenvalue weighted by molar-refractivity contribution is 0.259. The molecule has 1 aromatic rings. The van der Waals surface area contributed by atoms with Gasteiger partial charge in [0.2, 0.25) is 0 Å². The molecule has 124 valence electrons. The number of benzene rings is 1. The van der Waals surface area contributed by atoms with Gasteiger partial charge in [-0.3, -0.25) is 0 Å². The van der Waals surface area contributed by atoms with Crippen molar-refractivity contribution < 1.29 is 9.84 Å². The molecule has 4 nitrogen and oxygen atoms in total. The summed E-state index contributed by atoms with van der Waals surface area (Å²) in [7, 11) is 1.70. The van der Waals surface area contributed by atoms with Gasteiger partial charge in [0, 0.05) is 43.2 Å². The number of piperidine rings is 1. The van der Waals surface area contributed by atoms with Crippen LogP contribution in [0.5, 0.6) is 5.75 Å². The summed E-state index contributed by atoms with van der Waals surface area (Å²) in [6.07, 6.45) is 5.28. The van der Waals surface area contributed by atoms with Crippen LogP contribution in [0.1, 0.15) is 19.3 Å². The standard InChI is InChI=1S/C17H28N2O2S/c1-21-17-5-3-16(4-6-17)19-10-7-14(8-11-19)18-15(9-12-20)13-22-2/h3-6,14-15,18,20H,7-13H2,1-2H3. The molecular formula is C17H28N2O2S. The van der Waals surface area contributed by atoms with Crippen LogP contribution in [0.3, 0.4) is 0 Å². The second-order valence-corrected chi connectivity index (χ2v) is 6.70. The molecule has 1 heterocycles. The average Bonchev–Trinajstić information content (AvgIpc) is 2.56. The fraction of sp³-hybridized carbons (Fsp3) is 0.647. The van der Waals surface area contributed by atoms with Gasteiger partial charge in [-0.05, 0) is 49.8 Å². The molecule has 1 saturated heterocycles. The van der Waals surface area contributed by atoms with Gasteiger partial charge in [0.1, 0.15) is 5.75 Å². The predicted octanol–water partition coefficient (Wildman–Crippen LogP) is 2.37. The number of nitrogens with one attached hydrogen (secondary N) is 1. The van der Waals surface area contributed by atoms with Crippen LogP contribution in [0.15, 0.2) is 24.3 Å². The van der Waals surface area contributed by atoms with Gasteiger partial charge in [-0.2, -0.15) is 11.8 Å². The lowest BCUT2D eigenvalue weighted by Crippen LogP contribution is -2.47. The van der Waals surface area contributed by atoms with Gasteiger partial charge in [0.25, 0.3) is 0 Å². The van der Waals surface area contributed by atoms with Crippen LogP contribution < -0.4 is 15.0 Å². The van der Waals surface area contributed by atoms with Gasteiger partial charge < -0.3 is 20.1 Å². The van der Waals surface area contributed by atoms with Crippen LogP contribution in [0.2, 0.25) is 0 Å². The maximum Gasteiger partial charge on any atom is 0.119 e. The van der Waals surface area contributed by atoms with E-state index in [1.807, 2.05) is 23.9 Å². The number of hydrogen-bond acceptors (Lipinski definition) is 5. The van der Waals surface area contributed by atoms with E-state index in [1.165, 1.54) is 5.69 Å². The average molecular weight is 324 g/mol. The fourth-order valence-corrected chi connectivity index (χ4v) is 3.67. The van der Waals surface area contributed by atoms with Crippen molar-refractivity contribution in [2.75, 3.05) is 43.7 Å². The summed E-state index contributed by atoms with van der Waals surface area (Å²) in [6.45, 7) is 2.42. The smallest absolute Gasteiger partial charge is 0.119 e. The van der Waals surface area contributed by atoms with E-state index >= 15 is 0 Å². The SMILES string of the molecule is COc1ccc(N2CCC(NC(CCO)CSC)CC2)cc1. The minimum absolute atomic E-state index is 0.267. The van der Waals surface area contributed by atoms with E-state index in [9.17, 15) is 0 Å². The third-order valence-electron chi connectivity index (χ3n) is 4.25. The third-order valence-corrected chi connectivity index (χ3v) is 4.99. The maximum atomic E-state index is 9.16. The number of nitrogens with zero attached hydrogens (tertiary/aromatic N) is 1. The highest BCUT2D eigenvalue weighted by molar-refractivity contribution is 7.98. The monoisotopic (exact) mass is 324 g/mol. The van der Waals surface area contributed by atoms with Gasteiger partial charge >= 0.3 is 0 Å². The van der Waals surface area contributed by atoms with Gasteiger partial charge in [0.05, 0.1) is 7.11 Å². The third kappa shape index (κ3) is 5.07. The fourth-order valence-electron chi connectivity index (χ4n) is 3.00. The summed E-state index contributed by atoms with van der Waals surface area (Å²) < 4.78 is 5.21. The van der Waals surface area contributed by atoms with Crippen LogP contribution in [0, 0.1) is 0 Å². The molecule has 0 radical (unpaired) electrons. The second kappa shape index (κ2) is 9.28. The van der Waals surface area contributed by atoms with Crippen molar-refractivity contribution in [1.82, 2.24) is 5.32 Å². The van der Waals surface area contributed by atoms with Crippen LogP contribution >= 0.6 is 11.8 Å². The number of rotatable bonds is 8. The lowest BCUT2D eigenvalue weighted by atomic mass is 10.0. The Hall–Kier alpha value is -0.910. The molecule has 1 unspecified atom stereocenters. The Morgan fingerprint density at radius 2 is 2.00 bits per heavy atom. The summed E-state index contributed by atoms with van der Waals surface area (Å²) in [5, 5.41) is 12.9. The number of ether oxygens (including phenoxy) is 1. The van der Waals surface area contributed by atoms with Crippen molar-refractivity contribution in [2.45, 2.75) is 31.3 Å². The summed E-state index contributed by atoms with van der Waals surface area (Å²) in [6, 6.07) is 9.31. The minimum atomic E-state index is 0.267. The first-order chi connectivity index (χ1) is 10.8. The quantitative estimate of drug-likeness (QED) is 0.769. The number of hydrogen-bond donors (Lipinski definition) is 2. The molecule has 22 heavy (non-hydrogen) atoms. The Bertz CT molecular complexity index is 413. The van der Waals surface area contributed by atoms with E-state index in [0.717, 1.165) is 43.9 Å². The zero-order chi connectivity index (χ0) is 15.8. The molecule has 1 aliphatic rings. The molecule has 1 fully saturated rings. The molecule has 0 aliphatic carbocycles. The molecule has 2 N–H and O–H groups in total. The van der Waals surface area contributed by atoms with Crippen molar-refractivity contribution in [2.24, 2.45) is 0 Å². The van der Waals surface area contributed by atoms with Gasteiger partial charge in [-0.1, -0.05) is 0 Å². The Kier molecular flexibility index (Phi) is 7.36. The highest BCUT2D eigenvalue weighted by atomic mass is 32.2. The summed E-state index contributed by atoms with van der Waals surface area (Å²) in [5.74, 6) is 1.98. The lowest BCUT2D eigenvalue weighted by Gasteiger charge is -2.35. The van der Waals surface area contributed by atoms with E-state index < -0.39 is 0 Å². The second-order valence-electron chi connectivity index (χ2n) is 5.79. The zero-order valence-corrected chi connectivity index (χ0v) is 14.4. The van der Waals surface area contributed by atoms with Gasteiger partial charge in [-0.25, -0.2) is 0 Å². The number of aliphatic hydroxyl groups excluding tert-OH is 1. The summed E-state index contributed by atoms with van der Waals surface area (Å²) >= 11 is 1.84. The topological polar surface area (TPSA) is 44.7 Å². The molecular weight excluding hydrogens is 296 g/mol. The molecule has 2 rings (SSSR count). The largest absolute Gasteiger partial charge is 0.497 e. The molecule has 0 amide bonds. The van der Waals surface area contributed by atoms with Crippen LogP contribution in [-0.2, 0) is 0 Å².